The first-order valence-corrected chi connectivity index (χ1v) is 16.0. The first-order chi connectivity index (χ1) is 19.3. The van der Waals surface area contributed by atoms with E-state index in [0.717, 1.165) is 65.4 Å². The molecule has 1 spiro atoms. The van der Waals surface area contributed by atoms with Gasteiger partial charge in [-0.1, -0.05) is 19.1 Å². The summed E-state index contributed by atoms with van der Waals surface area (Å²) in [5, 5.41) is 22.1. The van der Waals surface area contributed by atoms with E-state index in [1.54, 1.807) is 6.07 Å². The highest BCUT2D eigenvalue weighted by Gasteiger charge is 2.60. The van der Waals surface area contributed by atoms with E-state index in [1.807, 2.05) is 19.1 Å². The first kappa shape index (κ1) is 26.9. The second-order valence-corrected chi connectivity index (χ2v) is 15.3. The summed E-state index contributed by atoms with van der Waals surface area (Å²) in [4.78, 5) is 26.7. The molecule has 4 atom stereocenters. The first-order valence-electron chi connectivity index (χ1n) is 14.5. The van der Waals surface area contributed by atoms with Gasteiger partial charge in [-0.3, -0.25) is 9.10 Å². The highest BCUT2D eigenvalue weighted by atomic mass is 32.2. The van der Waals surface area contributed by atoms with Gasteiger partial charge in [0.05, 0.1) is 55.8 Å². The van der Waals surface area contributed by atoms with Crippen molar-refractivity contribution in [1.29, 1.82) is 0 Å². The molecule has 41 heavy (non-hydrogen) atoms. The van der Waals surface area contributed by atoms with E-state index in [2.05, 4.69) is 20.2 Å². The third-order valence-electron chi connectivity index (χ3n) is 10.7. The van der Waals surface area contributed by atoms with Crippen LogP contribution in [0.1, 0.15) is 25.0 Å². The maximum absolute atomic E-state index is 14.1. The molecule has 2 N–H and O–H groups in total. The van der Waals surface area contributed by atoms with Crippen LogP contribution in [-0.4, -0.2) is 110 Å². The molecule has 0 bridgehead atoms. The van der Waals surface area contributed by atoms with Gasteiger partial charge >= 0.3 is 5.97 Å². The number of quaternary nitrogens is 2. The monoisotopic (exact) mass is 582 g/mol. The van der Waals surface area contributed by atoms with Crippen LogP contribution in [-0.2, 0) is 32.6 Å². The number of hydrogen-bond donors (Lipinski definition) is 2. The highest BCUT2D eigenvalue weighted by molar-refractivity contribution is 7.93. The van der Waals surface area contributed by atoms with Gasteiger partial charge in [0.15, 0.2) is 0 Å². The van der Waals surface area contributed by atoms with E-state index >= 15 is 0 Å². The smallest absolute Gasteiger partial charge is 0.352 e. The third kappa shape index (κ3) is 3.62. The molecular weight excluding hydrogens is 544 g/mol. The van der Waals surface area contributed by atoms with Crippen LogP contribution in [0.15, 0.2) is 40.4 Å². The molecule has 0 radical (unpaired) electrons. The van der Waals surface area contributed by atoms with Crippen molar-refractivity contribution in [3.63, 3.8) is 0 Å². The van der Waals surface area contributed by atoms with E-state index in [1.165, 1.54) is 27.3 Å². The lowest BCUT2D eigenvalue weighted by Crippen LogP contribution is -2.63. The van der Waals surface area contributed by atoms with Gasteiger partial charge < -0.3 is 24.1 Å². The van der Waals surface area contributed by atoms with Gasteiger partial charge in [0.2, 0.25) is 5.91 Å². The summed E-state index contributed by atoms with van der Waals surface area (Å²) in [6.07, 6.45) is -0.0396. The van der Waals surface area contributed by atoms with Crippen molar-refractivity contribution in [2.45, 2.75) is 43.9 Å². The number of aliphatic hydroxyl groups is 1. The quantitative estimate of drug-likeness (QED) is 0.417. The number of carbonyl (C=O) groups excluding carboxylic acids is 1. The Balaban J connectivity index is 1.31. The maximum Gasteiger partial charge on any atom is 0.352 e. The molecule has 11 heteroatoms. The molecule has 0 aromatic heterocycles. The molecule has 0 aliphatic carbocycles. The summed E-state index contributed by atoms with van der Waals surface area (Å²) in [5.74, 6) is -2.79. The Hall–Kier alpha value is -2.99. The summed E-state index contributed by atoms with van der Waals surface area (Å²) in [7, 11) is 0.612. The predicted molar refractivity (Wildman–Crippen MR) is 152 cm³/mol. The second-order valence-electron chi connectivity index (χ2n) is 13.5. The van der Waals surface area contributed by atoms with Crippen molar-refractivity contribution < 1.29 is 37.2 Å². The minimum Gasteiger partial charge on any atom is -0.477 e. The Bertz CT molecular complexity index is 1670. The standard InChI is InChI=1S/C30H37N4O6S/c1-17-21(28(30(37)38)32-27(17)24(18(2)35)29(32)36)15-31-22-7-5-20-16-34(13-11-33(3,4)12-14-34)10-9-19-6-8-23(41(31,39)40)26(22)25(19)20/h5-8,17-18,24,27,35H,9-16H2,1-4H3/q+1/p+1/t17-,18+,24+,27+/m0/s1. The minimum absolute atomic E-state index is 0.149. The van der Waals surface area contributed by atoms with Gasteiger partial charge in [-0.2, -0.15) is 0 Å². The fraction of sp³-hybridized carbons (Fsp3) is 0.533. The fourth-order valence-electron chi connectivity index (χ4n) is 8.15. The van der Waals surface area contributed by atoms with E-state index in [4.69, 9.17) is 0 Å². The lowest BCUT2D eigenvalue weighted by Gasteiger charge is -2.46. The molecule has 2 aromatic rings. The molecule has 5 aliphatic heterocycles. The number of carboxylic acids is 1. The van der Waals surface area contributed by atoms with Crippen LogP contribution >= 0.6 is 0 Å². The van der Waals surface area contributed by atoms with Crippen LogP contribution in [0.4, 0.5) is 5.69 Å². The number of benzene rings is 2. The molecule has 2 saturated heterocycles. The van der Waals surface area contributed by atoms with Crippen LogP contribution in [0.3, 0.4) is 0 Å². The number of aliphatic hydroxyl groups excluding tert-OH is 1. The third-order valence-corrected chi connectivity index (χ3v) is 12.5. The van der Waals surface area contributed by atoms with Crippen LogP contribution in [0.25, 0.3) is 10.8 Å². The Labute approximate surface area is 240 Å². The van der Waals surface area contributed by atoms with Crippen LogP contribution in [0, 0.1) is 11.8 Å². The average molecular weight is 583 g/mol. The number of β-lactam (4-membered cyclic amide) rings is 1. The molecule has 0 saturated carbocycles. The molecule has 2 fully saturated rings. The van der Waals surface area contributed by atoms with Gasteiger partial charge in [0.25, 0.3) is 10.0 Å². The van der Waals surface area contributed by atoms with Crippen LogP contribution in [0.2, 0.25) is 0 Å². The molecule has 7 rings (SSSR count). The molecular formula is C30H38N4O6S+2. The number of fused-ring (bicyclic) bond motifs is 1. The van der Waals surface area contributed by atoms with Gasteiger partial charge in [-0.15, -0.1) is 0 Å². The van der Waals surface area contributed by atoms with Crippen molar-refractivity contribution in [1.82, 2.24) is 4.90 Å². The normalized spacial score (nSPS) is 29.5. The number of carbonyl (C=O) groups is 2. The van der Waals surface area contributed by atoms with Gasteiger partial charge in [-0.05, 0) is 35.6 Å². The summed E-state index contributed by atoms with van der Waals surface area (Å²) < 4.78 is 31.5. The lowest BCUT2D eigenvalue weighted by molar-refractivity contribution is -1.02. The fourth-order valence-corrected chi connectivity index (χ4v) is 9.81. The van der Waals surface area contributed by atoms with Crippen molar-refractivity contribution in [2.24, 2.45) is 11.8 Å². The summed E-state index contributed by atoms with van der Waals surface area (Å²) in [6.45, 7) is 9.51. The van der Waals surface area contributed by atoms with Crippen molar-refractivity contribution >= 4 is 38.4 Å². The number of hydrogen-bond acceptors (Lipinski definition) is 5. The number of anilines is 1. The van der Waals surface area contributed by atoms with Gasteiger partial charge in [0.1, 0.15) is 38.4 Å². The zero-order chi connectivity index (χ0) is 29.2. The lowest BCUT2D eigenvalue weighted by atomic mass is 9.78. The molecule has 218 valence electrons. The number of nitrogens with zero attached hydrogens (tertiary/aromatic N) is 4. The Morgan fingerprint density at radius 2 is 1.73 bits per heavy atom. The number of amides is 1. The van der Waals surface area contributed by atoms with Crippen molar-refractivity contribution in [2.75, 3.05) is 57.7 Å². The molecule has 10 nitrogen and oxygen atoms in total. The molecule has 2 aromatic carbocycles. The zero-order valence-corrected chi connectivity index (χ0v) is 24.8. The Morgan fingerprint density at radius 3 is 2.39 bits per heavy atom. The number of sulfonamides is 1. The molecule has 1 amide bonds. The number of aliphatic carboxylic acids is 1. The van der Waals surface area contributed by atoms with Crippen molar-refractivity contribution in [3.8, 4) is 0 Å². The summed E-state index contributed by atoms with van der Waals surface area (Å²) >= 11 is 0. The zero-order valence-electron chi connectivity index (χ0n) is 24.0. The second kappa shape index (κ2) is 8.53. The van der Waals surface area contributed by atoms with Crippen LogP contribution < -0.4 is 4.31 Å². The van der Waals surface area contributed by atoms with Gasteiger partial charge in [0, 0.05) is 23.3 Å². The minimum atomic E-state index is -3.95. The Kier molecular flexibility index (Phi) is 5.59. The van der Waals surface area contributed by atoms with E-state index in [0.29, 0.717) is 11.3 Å². The molecule has 5 heterocycles. The maximum atomic E-state index is 14.1. The van der Waals surface area contributed by atoms with Crippen LogP contribution in [0.5, 0.6) is 0 Å². The molecule has 0 unspecified atom stereocenters. The number of likely N-dealkylation sites (N-methyl/N-ethyl adjacent to an activating group) is 1. The van der Waals surface area contributed by atoms with E-state index in [9.17, 15) is 28.2 Å². The number of piperazine rings is 1. The topological polar surface area (TPSA) is 115 Å². The van der Waals surface area contributed by atoms with Gasteiger partial charge in [-0.25, -0.2) is 13.2 Å². The summed E-state index contributed by atoms with van der Waals surface area (Å²) in [6, 6.07) is 7.16. The number of carboxylic acid groups (broad SMARTS) is 1. The van der Waals surface area contributed by atoms with E-state index in [-0.39, 0.29) is 17.1 Å². The molecule has 5 aliphatic rings. The largest absolute Gasteiger partial charge is 0.477 e. The average Bonchev–Trinajstić information content (AvgIpc) is 3.19. The number of rotatable bonds is 4. The van der Waals surface area contributed by atoms with E-state index < -0.39 is 45.9 Å². The Morgan fingerprint density at radius 1 is 1.05 bits per heavy atom. The van der Waals surface area contributed by atoms with Crippen molar-refractivity contribution in [3.05, 3.63) is 46.7 Å². The predicted octanol–water partition coefficient (Wildman–Crippen LogP) is 1.51. The SMILES string of the molecule is C[C@@H](O)[C@H]1C(=O)N2C(C(=O)O)=C(CN3c4ccc5c6c(ccc(c46)S3(=O)=O)CC[N+]3(CC[N+](C)(C)CC3)C5)[C@H](C)[C@H]12. The summed E-state index contributed by atoms with van der Waals surface area (Å²) in [5.41, 5.74) is 3.16. The highest BCUT2D eigenvalue weighted by Crippen LogP contribution is 2.50.